The maximum atomic E-state index is 11.8. The maximum Gasteiger partial charge on any atom is 0.272 e. The van der Waals surface area contributed by atoms with Gasteiger partial charge in [0.05, 0.1) is 11.8 Å². The molecule has 0 bridgehead atoms. The first-order valence-corrected chi connectivity index (χ1v) is 6.64. The van der Waals surface area contributed by atoms with E-state index in [-0.39, 0.29) is 5.91 Å². The number of aryl methyl sites for hydroxylation is 1. The summed E-state index contributed by atoms with van der Waals surface area (Å²) in [6, 6.07) is 3.64. The van der Waals surface area contributed by atoms with Crippen LogP contribution in [0.1, 0.15) is 26.6 Å². The van der Waals surface area contributed by atoms with E-state index in [1.165, 1.54) is 6.21 Å². The van der Waals surface area contributed by atoms with E-state index < -0.39 is 0 Å². The number of amides is 1. The van der Waals surface area contributed by atoms with Crippen molar-refractivity contribution in [3.63, 3.8) is 0 Å². The monoisotopic (exact) mass is 274 g/mol. The summed E-state index contributed by atoms with van der Waals surface area (Å²) in [4.78, 5) is 13.0. The van der Waals surface area contributed by atoms with Gasteiger partial charge in [0, 0.05) is 16.5 Å². The predicted octanol–water partition coefficient (Wildman–Crippen LogP) is 3.39. The van der Waals surface area contributed by atoms with Crippen LogP contribution < -0.4 is 5.43 Å². The summed E-state index contributed by atoms with van der Waals surface area (Å²) < 4.78 is 5.11. The van der Waals surface area contributed by atoms with Crippen LogP contribution in [-0.2, 0) is 0 Å². The normalized spacial score (nSPS) is 11.5. The van der Waals surface area contributed by atoms with Crippen molar-refractivity contribution in [2.75, 3.05) is 0 Å². The van der Waals surface area contributed by atoms with Crippen molar-refractivity contribution in [3.8, 4) is 0 Å². The second-order valence-corrected chi connectivity index (χ2v) is 5.01. The molecule has 1 amide bonds. The number of allylic oxidation sites excluding steroid dienone is 1. The Morgan fingerprint density at radius 3 is 2.95 bits per heavy atom. The quantitative estimate of drug-likeness (QED) is 0.686. The number of furan rings is 1. The molecule has 4 nitrogen and oxygen atoms in total. The molecule has 0 fully saturated rings. The van der Waals surface area contributed by atoms with Gasteiger partial charge in [-0.15, -0.1) is 11.3 Å². The second-order valence-electron chi connectivity index (χ2n) is 3.92. The number of hydrogen-bond acceptors (Lipinski definition) is 4. The molecule has 0 aliphatic heterocycles. The Labute approximate surface area is 115 Å². The first kappa shape index (κ1) is 13.3. The summed E-state index contributed by atoms with van der Waals surface area (Å²) in [5.41, 5.74) is 4.17. The van der Waals surface area contributed by atoms with Gasteiger partial charge in [-0.05, 0) is 43.7 Å². The smallest absolute Gasteiger partial charge is 0.272 e. The Hall–Kier alpha value is -2.14. The molecule has 0 saturated carbocycles. The zero-order valence-electron chi connectivity index (χ0n) is 10.7. The van der Waals surface area contributed by atoms with Crippen LogP contribution >= 0.6 is 11.3 Å². The van der Waals surface area contributed by atoms with E-state index in [0.29, 0.717) is 5.56 Å². The molecule has 19 heavy (non-hydrogen) atoms. The van der Waals surface area contributed by atoms with Crippen LogP contribution in [-0.4, -0.2) is 12.1 Å². The van der Waals surface area contributed by atoms with Gasteiger partial charge in [0.15, 0.2) is 0 Å². The summed E-state index contributed by atoms with van der Waals surface area (Å²) in [5, 5.41) is 5.69. The molecular weight excluding hydrogens is 260 g/mol. The lowest BCUT2D eigenvalue weighted by Gasteiger charge is -1.98. The predicted molar refractivity (Wildman–Crippen MR) is 77.5 cm³/mol. The van der Waals surface area contributed by atoms with E-state index >= 15 is 0 Å². The first-order valence-electron chi connectivity index (χ1n) is 5.76. The van der Waals surface area contributed by atoms with Gasteiger partial charge in [-0.1, -0.05) is 0 Å². The van der Waals surface area contributed by atoms with Crippen LogP contribution in [0.2, 0.25) is 0 Å². The standard InChI is InChI=1S/C14H14N2O2S/c1-10-11(2)19-9-13(10)14(17)16-15-7-3-5-12-6-4-8-18-12/h3-9H,1-2H3,(H,16,17)/b5-3-,15-7?. The average Bonchev–Trinajstić information content (AvgIpc) is 3.01. The molecular formula is C14H14N2O2S. The minimum Gasteiger partial charge on any atom is -0.465 e. The number of rotatable bonds is 4. The number of thiophene rings is 1. The van der Waals surface area contributed by atoms with Gasteiger partial charge < -0.3 is 4.42 Å². The van der Waals surface area contributed by atoms with E-state index in [9.17, 15) is 4.79 Å². The van der Waals surface area contributed by atoms with Crippen molar-refractivity contribution in [1.82, 2.24) is 5.43 Å². The van der Waals surface area contributed by atoms with Crippen molar-refractivity contribution in [2.24, 2.45) is 5.10 Å². The first-order chi connectivity index (χ1) is 9.18. The van der Waals surface area contributed by atoms with Crippen LogP contribution in [0.3, 0.4) is 0 Å². The highest BCUT2D eigenvalue weighted by Crippen LogP contribution is 2.20. The van der Waals surface area contributed by atoms with Crippen molar-refractivity contribution in [3.05, 3.63) is 51.6 Å². The topological polar surface area (TPSA) is 54.6 Å². The SMILES string of the molecule is Cc1scc(C(=O)NN=C/C=C\c2ccco2)c1C. The summed E-state index contributed by atoms with van der Waals surface area (Å²) >= 11 is 1.56. The summed E-state index contributed by atoms with van der Waals surface area (Å²) in [6.07, 6.45) is 6.57. The molecule has 0 aliphatic rings. The van der Waals surface area contributed by atoms with Crippen molar-refractivity contribution >= 4 is 29.5 Å². The lowest BCUT2D eigenvalue weighted by molar-refractivity contribution is 0.0955. The molecule has 0 saturated heterocycles. The molecule has 2 aromatic heterocycles. The third kappa shape index (κ3) is 3.42. The van der Waals surface area contributed by atoms with Crippen LogP contribution in [0, 0.1) is 13.8 Å². The van der Waals surface area contributed by atoms with Gasteiger partial charge >= 0.3 is 0 Å². The summed E-state index contributed by atoms with van der Waals surface area (Å²) in [6.45, 7) is 3.92. The summed E-state index contributed by atoms with van der Waals surface area (Å²) in [7, 11) is 0. The lowest BCUT2D eigenvalue weighted by atomic mass is 10.2. The molecule has 0 spiro atoms. The maximum absolute atomic E-state index is 11.8. The number of hydrazone groups is 1. The molecule has 0 unspecified atom stereocenters. The lowest BCUT2D eigenvalue weighted by Crippen LogP contribution is -2.17. The van der Waals surface area contributed by atoms with Crippen LogP contribution in [0.25, 0.3) is 6.08 Å². The van der Waals surface area contributed by atoms with E-state index in [0.717, 1.165) is 16.2 Å². The third-order valence-corrected chi connectivity index (χ3v) is 3.67. The Morgan fingerprint density at radius 2 is 2.32 bits per heavy atom. The Kier molecular flexibility index (Phi) is 4.30. The number of carbonyl (C=O) groups excluding carboxylic acids is 1. The zero-order valence-corrected chi connectivity index (χ0v) is 11.5. The van der Waals surface area contributed by atoms with Crippen molar-refractivity contribution in [1.29, 1.82) is 0 Å². The fourth-order valence-electron chi connectivity index (χ4n) is 1.46. The highest BCUT2D eigenvalue weighted by molar-refractivity contribution is 7.10. The van der Waals surface area contributed by atoms with Gasteiger partial charge in [0.25, 0.3) is 5.91 Å². The fourth-order valence-corrected chi connectivity index (χ4v) is 2.33. The van der Waals surface area contributed by atoms with E-state index in [1.54, 1.807) is 35.8 Å². The van der Waals surface area contributed by atoms with Gasteiger partial charge in [-0.25, -0.2) is 5.43 Å². The molecule has 98 valence electrons. The van der Waals surface area contributed by atoms with Crippen LogP contribution in [0.15, 0.2) is 39.4 Å². The molecule has 0 atom stereocenters. The number of nitrogens with zero attached hydrogens (tertiary/aromatic N) is 1. The third-order valence-electron chi connectivity index (χ3n) is 2.66. The molecule has 2 heterocycles. The van der Waals surface area contributed by atoms with Gasteiger partial charge in [0.2, 0.25) is 0 Å². The van der Waals surface area contributed by atoms with Crippen LogP contribution in [0.4, 0.5) is 0 Å². The van der Waals surface area contributed by atoms with Gasteiger partial charge in [-0.3, -0.25) is 4.79 Å². The average molecular weight is 274 g/mol. The highest BCUT2D eigenvalue weighted by Gasteiger charge is 2.10. The highest BCUT2D eigenvalue weighted by atomic mass is 32.1. The van der Waals surface area contributed by atoms with Crippen molar-refractivity contribution in [2.45, 2.75) is 13.8 Å². The number of hydrogen-bond donors (Lipinski definition) is 1. The molecule has 2 rings (SSSR count). The molecule has 0 radical (unpaired) electrons. The van der Waals surface area contributed by atoms with Gasteiger partial charge in [0.1, 0.15) is 5.76 Å². The Morgan fingerprint density at radius 1 is 1.47 bits per heavy atom. The fraction of sp³-hybridized carbons (Fsp3) is 0.143. The largest absolute Gasteiger partial charge is 0.465 e. The van der Waals surface area contributed by atoms with E-state index in [1.807, 2.05) is 25.3 Å². The van der Waals surface area contributed by atoms with E-state index in [2.05, 4.69) is 10.5 Å². The minimum absolute atomic E-state index is 0.190. The molecule has 1 N–H and O–H groups in total. The molecule has 0 aromatic carbocycles. The Bertz CT molecular complexity index is 609. The second kappa shape index (κ2) is 6.15. The zero-order chi connectivity index (χ0) is 13.7. The van der Waals surface area contributed by atoms with Gasteiger partial charge in [-0.2, -0.15) is 5.10 Å². The molecule has 2 aromatic rings. The van der Waals surface area contributed by atoms with E-state index in [4.69, 9.17) is 4.42 Å². The minimum atomic E-state index is -0.190. The van der Waals surface area contributed by atoms with Crippen molar-refractivity contribution < 1.29 is 9.21 Å². The number of carbonyl (C=O) groups is 1. The summed E-state index contributed by atoms with van der Waals surface area (Å²) in [5.74, 6) is 0.548. The van der Waals surface area contributed by atoms with Crippen LogP contribution in [0.5, 0.6) is 0 Å². The Balaban J connectivity index is 1.88. The number of nitrogens with one attached hydrogen (secondary N) is 1. The molecule has 5 heteroatoms. The molecule has 0 aliphatic carbocycles.